The molecule has 0 unspecified atom stereocenters. The zero-order valence-electron chi connectivity index (χ0n) is 17.6. The first-order valence-corrected chi connectivity index (χ1v) is 12.1. The van der Waals surface area contributed by atoms with E-state index in [4.69, 9.17) is 0 Å². The van der Waals surface area contributed by atoms with Gasteiger partial charge in [-0.05, 0) is 49.6 Å². The number of unbranched alkanes of at least 4 members (excludes halogenated alkanes) is 5. The van der Waals surface area contributed by atoms with Gasteiger partial charge in [0.05, 0.1) is 11.4 Å². The Bertz CT molecular complexity index is 757. The summed E-state index contributed by atoms with van der Waals surface area (Å²) in [5.74, 6) is -0.0815. The van der Waals surface area contributed by atoms with Crippen molar-refractivity contribution in [2.75, 3.05) is 0 Å². The Morgan fingerprint density at radius 1 is 0.733 bits per heavy atom. The monoisotopic (exact) mass is 446 g/mol. The summed E-state index contributed by atoms with van der Waals surface area (Å²) in [5.41, 5.74) is 6.91. The van der Waals surface area contributed by atoms with Gasteiger partial charge in [-0.3, -0.25) is 9.59 Å². The van der Waals surface area contributed by atoms with Crippen LogP contribution < -0.4 is 10.9 Å². The lowest BCUT2D eigenvalue weighted by molar-refractivity contribution is -0.122. The average molecular weight is 447 g/mol. The fourth-order valence-electron chi connectivity index (χ4n) is 2.76. The summed E-state index contributed by atoms with van der Waals surface area (Å²) in [6, 6.07) is 7.90. The van der Waals surface area contributed by atoms with Gasteiger partial charge in [-0.2, -0.15) is 10.2 Å². The summed E-state index contributed by atoms with van der Waals surface area (Å²) in [6.45, 7) is 3.79. The predicted molar refractivity (Wildman–Crippen MR) is 126 cm³/mol. The minimum absolute atomic E-state index is 0.0408. The number of carbonyl (C=O) groups excluding carboxylic acids is 2. The molecule has 30 heavy (non-hydrogen) atoms. The van der Waals surface area contributed by atoms with Crippen LogP contribution in [0.4, 0.5) is 0 Å². The number of carbonyl (C=O) groups is 2. The lowest BCUT2D eigenvalue weighted by Crippen LogP contribution is -2.18. The fourth-order valence-corrected chi connectivity index (χ4v) is 4.12. The molecule has 2 N–H and O–H groups in total. The van der Waals surface area contributed by atoms with Crippen LogP contribution in [-0.2, 0) is 9.59 Å². The van der Waals surface area contributed by atoms with Crippen molar-refractivity contribution in [1.29, 1.82) is 0 Å². The molecule has 0 bridgehead atoms. The lowest BCUT2D eigenvalue weighted by atomic mass is 10.1. The second kappa shape index (κ2) is 13.8. The molecule has 2 amide bonds. The number of hydrogen-bond donors (Lipinski definition) is 2. The summed E-state index contributed by atoms with van der Waals surface area (Å²) in [6.07, 6.45) is 6.86. The Hall–Kier alpha value is -2.32. The van der Waals surface area contributed by atoms with Crippen molar-refractivity contribution in [3.63, 3.8) is 0 Å². The minimum atomic E-state index is -0.0408. The van der Waals surface area contributed by atoms with Gasteiger partial charge in [-0.1, -0.05) is 37.8 Å². The van der Waals surface area contributed by atoms with Crippen LogP contribution in [0, 0.1) is 0 Å². The van der Waals surface area contributed by atoms with E-state index in [0.29, 0.717) is 12.8 Å². The molecule has 2 aromatic rings. The molecule has 2 aromatic heterocycles. The van der Waals surface area contributed by atoms with Crippen molar-refractivity contribution >= 4 is 45.9 Å². The highest BCUT2D eigenvalue weighted by atomic mass is 32.1. The molecule has 0 aliphatic carbocycles. The minimum Gasteiger partial charge on any atom is -0.273 e. The van der Waals surface area contributed by atoms with Crippen molar-refractivity contribution in [1.82, 2.24) is 10.9 Å². The number of nitrogens with one attached hydrogen (secondary N) is 2. The van der Waals surface area contributed by atoms with Gasteiger partial charge in [-0.15, -0.1) is 22.7 Å². The molecule has 162 valence electrons. The van der Waals surface area contributed by atoms with Gasteiger partial charge in [0.2, 0.25) is 11.8 Å². The van der Waals surface area contributed by atoms with E-state index in [1.807, 2.05) is 48.9 Å². The molecular formula is C22H30N4O2S2. The molecule has 0 spiro atoms. The molecule has 6 nitrogen and oxygen atoms in total. The summed E-state index contributed by atoms with van der Waals surface area (Å²) < 4.78 is 0. The Labute approximate surface area is 186 Å². The number of amides is 2. The van der Waals surface area contributed by atoms with Gasteiger partial charge in [0.1, 0.15) is 0 Å². The van der Waals surface area contributed by atoms with Gasteiger partial charge in [0.15, 0.2) is 0 Å². The molecule has 0 saturated heterocycles. The van der Waals surface area contributed by atoms with E-state index in [9.17, 15) is 9.59 Å². The summed E-state index contributed by atoms with van der Waals surface area (Å²) in [5, 5.41) is 12.3. The highest BCUT2D eigenvalue weighted by Gasteiger charge is 2.04. The second-order valence-electron chi connectivity index (χ2n) is 7.04. The van der Waals surface area contributed by atoms with Crippen molar-refractivity contribution in [3.05, 3.63) is 44.8 Å². The fraction of sp³-hybridized carbons (Fsp3) is 0.455. The number of hydrogen-bond acceptors (Lipinski definition) is 6. The SMILES string of the molecule is CC(=NNC(=O)CCCCCCCCC(=O)NN=C(C)c1cccs1)c1cccs1. The smallest absolute Gasteiger partial charge is 0.240 e. The standard InChI is InChI=1S/C22H30N4O2S2/c1-17(19-11-9-15-29-19)23-25-21(27)13-7-5-3-4-6-8-14-22(28)26-24-18(2)20-12-10-16-30-20/h9-12,15-16H,3-8,13-14H2,1-2H3,(H,25,27)(H,26,28). The average Bonchev–Trinajstić information content (AvgIpc) is 3.46. The molecule has 0 aliphatic heterocycles. The lowest BCUT2D eigenvalue weighted by Gasteiger charge is -2.03. The summed E-state index contributed by atoms with van der Waals surface area (Å²) >= 11 is 3.21. The quantitative estimate of drug-likeness (QED) is 0.248. The van der Waals surface area contributed by atoms with Crippen LogP contribution in [0.1, 0.15) is 75.0 Å². The molecule has 0 aliphatic rings. The van der Waals surface area contributed by atoms with E-state index in [1.54, 1.807) is 22.7 Å². The third kappa shape index (κ3) is 9.45. The number of hydrazone groups is 2. The zero-order valence-corrected chi connectivity index (χ0v) is 19.3. The molecule has 8 heteroatoms. The van der Waals surface area contributed by atoms with Crippen LogP contribution in [0.15, 0.2) is 45.2 Å². The molecule has 0 atom stereocenters. The number of nitrogens with zero attached hydrogens (tertiary/aromatic N) is 2. The van der Waals surface area contributed by atoms with Gasteiger partial charge in [0.25, 0.3) is 0 Å². The third-order valence-corrected chi connectivity index (χ3v) is 6.47. The molecule has 0 aromatic carbocycles. The van der Waals surface area contributed by atoms with Crippen molar-refractivity contribution in [2.24, 2.45) is 10.2 Å². The van der Waals surface area contributed by atoms with E-state index in [2.05, 4.69) is 21.1 Å². The topological polar surface area (TPSA) is 82.9 Å². The van der Waals surface area contributed by atoms with Crippen LogP contribution in [-0.4, -0.2) is 23.2 Å². The van der Waals surface area contributed by atoms with Crippen LogP contribution in [0.3, 0.4) is 0 Å². The summed E-state index contributed by atoms with van der Waals surface area (Å²) in [7, 11) is 0. The Morgan fingerprint density at radius 3 is 1.50 bits per heavy atom. The van der Waals surface area contributed by atoms with Crippen molar-refractivity contribution < 1.29 is 9.59 Å². The molecular weight excluding hydrogens is 416 g/mol. The van der Waals surface area contributed by atoms with Crippen LogP contribution in [0.5, 0.6) is 0 Å². The molecule has 2 rings (SSSR count). The van der Waals surface area contributed by atoms with E-state index in [1.165, 1.54) is 0 Å². The Balaban J connectivity index is 1.45. The first-order chi connectivity index (χ1) is 14.6. The second-order valence-corrected chi connectivity index (χ2v) is 8.94. The van der Waals surface area contributed by atoms with E-state index in [-0.39, 0.29) is 11.8 Å². The zero-order chi connectivity index (χ0) is 21.6. The maximum Gasteiger partial charge on any atom is 0.240 e. The first-order valence-electron chi connectivity index (χ1n) is 10.3. The number of rotatable bonds is 13. The van der Waals surface area contributed by atoms with Gasteiger partial charge in [-0.25, -0.2) is 10.9 Å². The van der Waals surface area contributed by atoms with Gasteiger partial charge < -0.3 is 0 Å². The largest absolute Gasteiger partial charge is 0.273 e. The van der Waals surface area contributed by atoms with Crippen LogP contribution >= 0.6 is 22.7 Å². The highest BCUT2D eigenvalue weighted by molar-refractivity contribution is 7.12. The Kier molecular flexibility index (Phi) is 11.0. The molecule has 2 heterocycles. The van der Waals surface area contributed by atoms with E-state index < -0.39 is 0 Å². The molecule has 0 radical (unpaired) electrons. The van der Waals surface area contributed by atoms with Gasteiger partial charge >= 0.3 is 0 Å². The molecule has 0 fully saturated rings. The van der Waals surface area contributed by atoms with Crippen molar-refractivity contribution in [3.8, 4) is 0 Å². The normalized spacial score (nSPS) is 12.1. The highest BCUT2D eigenvalue weighted by Crippen LogP contribution is 2.11. The maximum absolute atomic E-state index is 11.8. The van der Waals surface area contributed by atoms with E-state index >= 15 is 0 Å². The van der Waals surface area contributed by atoms with Crippen molar-refractivity contribution in [2.45, 2.75) is 65.2 Å². The third-order valence-electron chi connectivity index (χ3n) is 4.51. The van der Waals surface area contributed by atoms with Gasteiger partial charge in [0, 0.05) is 22.6 Å². The van der Waals surface area contributed by atoms with E-state index in [0.717, 1.165) is 59.7 Å². The van der Waals surface area contributed by atoms with Crippen LogP contribution in [0.25, 0.3) is 0 Å². The Morgan fingerprint density at radius 2 is 1.13 bits per heavy atom. The molecule has 0 saturated carbocycles. The first kappa shape index (κ1) is 24.0. The predicted octanol–water partition coefficient (Wildman–Crippen LogP) is 5.31. The maximum atomic E-state index is 11.8. The summed E-state index contributed by atoms with van der Waals surface area (Å²) in [4.78, 5) is 25.8. The number of thiophene rings is 2. The van der Waals surface area contributed by atoms with Crippen LogP contribution in [0.2, 0.25) is 0 Å².